The molecule has 0 aromatic heterocycles. The largest absolute Gasteiger partial charge is 0.508 e. The molecule has 0 aliphatic rings. The topological polar surface area (TPSA) is 393 Å². The average Bonchev–Trinajstić information content (AvgIpc) is 3.29. The third-order valence-electron chi connectivity index (χ3n) is 10.8. The monoisotopic (exact) mass is 937 g/mol. The van der Waals surface area contributed by atoms with E-state index in [9.17, 15) is 38.7 Å². The van der Waals surface area contributed by atoms with Gasteiger partial charge in [0, 0.05) is 32.4 Å². The zero-order chi connectivity index (χ0) is 49.9. The van der Waals surface area contributed by atoms with Gasteiger partial charge < -0.3 is 71.4 Å². The van der Waals surface area contributed by atoms with Crippen LogP contribution in [0.5, 0.6) is 5.75 Å². The molecule has 67 heavy (non-hydrogen) atoms. The first-order valence-electron chi connectivity index (χ1n) is 22.6. The second kappa shape index (κ2) is 30.3. The SMILES string of the molecule is CCC(=O)NC(CCCN=C(N)N)C(=O)NC(Cc1ccccc1)C(=O)NC(Cc1ccc(O)cc1)C(=O)NC(CCCN=C(N)N)C(=O)NC(C(=O)NC(CCCCN)C(N)=O)C(C)CC. The van der Waals surface area contributed by atoms with Crippen molar-refractivity contribution in [1.29, 1.82) is 0 Å². The summed E-state index contributed by atoms with van der Waals surface area (Å²) in [5.41, 5.74) is 34.4. The molecular formula is C45H72N14O8. The molecule has 7 atom stereocenters. The Hall–Kier alpha value is -6.97. The van der Waals surface area contributed by atoms with E-state index >= 15 is 0 Å². The van der Waals surface area contributed by atoms with Gasteiger partial charge in [-0.2, -0.15) is 0 Å². The van der Waals surface area contributed by atoms with Crippen LogP contribution in [0.4, 0.5) is 0 Å². The van der Waals surface area contributed by atoms with Gasteiger partial charge in [-0.1, -0.05) is 69.7 Å². The third-order valence-corrected chi connectivity index (χ3v) is 10.8. The highest BCUT2D eigenvalue weighted by molar-refractivity contribution is 5.97. The van der Waals surface area contributed by atoms with Crippen molar-refractivity contribution in [2.75, 3.05) is 19.6 Å². The normalized spacial score (nSPS) is 14.0. The molecule has 370 valence electrons. The molecule has 7 unspecified atom stereocenters. The van der Waals surface area contributed by atoms with Gasteiger partial charge in [-0.25, -0.2) is 0 Å². The number of aromatic hydroxyl groups is 1. The van der Waals surface area contributed by atoms with Gasteiger partial charge in [-0.05, 0) is 80.7 Å². The Morgan fingerprint density at radius 3 is 1.48 bits per heavy atom. The Kier molecular flexibility index (Phi) is 25.4. The highest BCUT2D eigenvalue weighted by Crippen LogP contribution is 2.15. The van der Waals surface area contributed by atoms with Crippen molar-refractivity contribution >= 4 is 53.3 Å². The zero-order valence-electron chi connectivity index (χ0n) is 38.8. The summed E-state index contributed by atoms with van der Waals surface area (Å²) in [6.45, 7) is 5.84. The number of phenols is 1. The lowest BCUT2D eigenvalue weighted by atomic mass is 9.96. The molecule has 0 heterocycles. The number of primary amides is 1. The molecule has 2 aromatic rings. The van der Waals surface area contributed by atoms with E-state index < -0.39 is 83.5 Å². The Bertz CT molecular complexity index is 1960. The third kappa shape index (κ3) is 21.7. The van der Waals surface area contributed by atoms with Crippen molar-refractivity contribution in [1.82, 2.24) is 31.9 Å². The number of nitrogens with one attached hydrogen (secondary N) is 6. The first-order chi connectivity index (χ1) is 31.9. The molecule has 0 aliphatic heterocycles. The molecule has 7 amide bonds. The van der Waals surface area contributed by atoms with E-state index in [1.165, 1.54) is 12.1 Å². The molecule has 0 radical (unpaired) electrons. The first kappa shape index (κ1) is 56.2. The molecule has 0 aliphatic carbocycles. The number of hydrogen-bond acceptors (Lipinski definition) is 11. The molecule has 0 bridgehead atoms. The number of benzene rings is 2. The number of nitrogens with two attached hydrogens (primary N) is 6. The molecule has 0 fully saturated rings. The van der Waals surface area contributed by atoms with E-state index in [0.717, 1.165) is 0 Å². The van der Waals surface area contributed by atoms with E-state index in [4.69, 9.17) is 34.4 Å². The van der Waals surface area contributed by atoms with Gasteiger partial charge in [-0.15, -0.1) is 0 Å². The van der Waals surface area contributed by atoms with Crippen LogP contribution in [0.25, 0.3) is 0 Å². The van der Waals surface area contributed by atoms with Gasteiger partial charge >= 0.3 is 0 Å². The first-order valence-corrected chi connectivity index (χ1v) is 22.6. The van der Waals surface area contributed by atoms with Crippen molar-refractivity contribution in [3.8, 4) is 5.75 Å². The van der Waals surface area contributed by atoms with E-state index in [0.29, 0.717) is 43.4 Å². The van der Waals surface area contributed by atoms with Crippen LogP contribution in [0.15, 0.2) is 64.6 Å². The zero-order valence-corrected chi connectivity index (χ0v) is 38.8. The lowest BCUT2D eigenvalue weighted by molar-refractivity contribution is -0.136. The van der Waals surface area contributed by atoms with Crippen molar-refractivity contribution in [2.45, 2.75) is 128 Å². The minimum atomic E-state index is -1.38. The number of carbonyl (C=O) groups is 7. The highest BCUT2D eigenvalue weighted by Gasteiger charge is 2.34. The Morgan fingerprint density at radius 2 is 1.00 bits per heavy atom. The summed E-state index contributed by atoms with van der Waals surface area (Å²) in [6, 6.07) is 7.52. The van der Waals surface area contributed by atoms with Crippen molar-refractivity contribution in [3.05, 3.63) is 65.7 Å². The van der Waals surface area contributed by atoms with E-state index in [2.05, 4.69) is 41.9 Å². The van der Waals surface area contributed by atoms with Crippen LogP contribution in [-0.2, 0) is 46.4 Å². The summed E-state index contributed by atoms with van der Waals surface area (Å²) in [5, 5.41) is 26.4. The van der Waals surface area contributed by atoms with Gasteiger partial charge in [0.15, 0.2) is 11.9 Å². The molecule has 0 saturated carbocycles. The highest BCUT2D eigenvalue weighted by atomic mass is 16.3. The number of unbranched alkanes of at least 4 members (excludes halogenated alkanes) is 1. The standard InChI is InChI=1S/C45H72N14O8/c1-4-27(3)37(43(67)55-31(38(47)62)15-9-10-22-46)59-40(64)33(17-12-24-53-45(50)51)56-41(65)35(26-29-18-20-30(60)21-19-29)58-42(66)34(25-28-13-7-6-8-14-28)57-39(63)32(54-36(61)5-2)16-11-23-52-44(48)49/h6-8,13-14,18-21,27,31-35,37,60H,4-5,9-12,15-17,22-26,46H2,1-3H3,(H2,47,62)(H,54,61)(H,55,67)(H,56,65)(H,57,63)(H,58,66)(H,59,64)(H4,48,49,52)(H4,50,51,53). The minimum absolute atomic E-state index is 0.0209. The molecule has 2 rings (SSSR count). The van der Waals surface area contributed by atoms with Crippen LogP contribution in [0, 0.1) is 5.92 Å². The fourth-order valence-corrected chi connectivity index (χ4v) is 6.79. The predicted octanol–water partition coefficient (Wildman–Crippen LogP) is -1.74. The lowest BCUT2D eigenvalue weighted by Crippen LogP contribution is -2.61. The van der Waals surface area contributed by atoms with Crippen LogP contribution in [0.1, 0.15) is 89.7 Å². The molecule has 2 aromatic carbocycles. The van der Waals surface area contributed by atoms with E-state index in [1.807, 2.05) is 6.92 Å². The lowest BCUT2D eigenvalue weighted by Gasteiger charge is -2.29. The Balaban J connectivity index is 2.55. The predicted molar refractivity (Wildman–Crippen MR) is 255 cm³/mol. The fraction of sp³-hybridized carbons (Fsp3) is 0.533. The molecule has 22 nitrogen and oxygen atoms in total. The molecule has 22 heteroatoms. The number of aliphatic imine (C=N–C) groups is 2. The van der Waals surface area contributed by atoms with Gasteiger partial charge in [-0.3, -0.25) is 43.5 Å². The summed E-state index contributed by atoms with van der Waals surface area (Å²) < 4.78 is 0. The number of rotatable bonds is 31. The smallest absolute Gasteiger partial charge is 0.243 e. The quantitative estimate of drug-likeness (QED) is 0.0227. The maximum Gasteiger partial charge on any atom is 0.243 e. The molecule has 19 N–H and O–H groups in total. The van der Waals surface area contributed by atoms with Crippen LogP contribution >= 0.6 is 0 Å². The average molecular weight is 937 g/mol. The number of phenolic OH excluding ortho intramolecular Hbond substituents is 1. The number of guanidine groups is 2. The van der Waals surface area contributed by atoms with Gasteiger partial charge in [0.25, 0.3) is 0 Å². The summed E-state index contributed by atoms with van der Waals surface area (Å²) in [6.07, 6.45) is 2.36. The number of amides is 7. The maximum atomic E-state index is 14.5. The van der Waals surface area contributed by atoms with Crippen molar-refractivity contribution < 1.29 is 38.7 Å². The number of carbonyl (C=O) groups excluding carboxylic acids is 7. The summed E-state index contributed by atoms with van der Waals surface area (Å²) in [5.74, 6) is -5.61. The van der Waals surface area contributed by atoms with Gasteiger partial charge in [0.2, 0.25) is 41.4 Å². The van der Waals surface area contributed by atoms with Crippen LogP contribution in [0.2, 0.25) is 0 Å². The van der Waals surface area contributed by atoms with Gasteiger partial charge in [0.1, 0.15) is 42.0 Å². The van der Waals surface area contributed by atoms with Crippen molar-refractivity contribution in [3.63, 3.8) is 0 Å². The fourth-order valence-electron chi connectivity index (χ4n) is 6.79. The second-order valence-electron chi connectivity index (χ2n) is 16.2. The Labute approximate surface area is 392 Å². The minimum Gasteiger partial charge on any atom is -0.508 e. The maximum absolute atomic E-state index is 14.5. The number of nitrogens with zero attached hydrogens (tertiary/aromatic N) is 2. The summed E-state index contributed by atoms with van der Waals surface area (Å²) in [7, 11) is 0. The van der Waals surface area contributed by atoms with E-state index in [-0.39, 0.29) is 75.7 Å². The van der Waals surface area contributed by atoms with Crippen LogP contribution in [-0.4, -0.2) is 114 Å². The second-order valence-corrected chi connectivity index (χ2v) is 16.2. The van der Waals surface area contributed by atoms with Crippen molar-refractivity contribution in [2.24, 2.45) is 50.3 Å². The Morgan fingerprint density at radius 1 is 0.552 bits per heavy atom. The van der Waals surface area contributed by atoms with E-state index in [1.54, 1.807) is 56.3 Å². The molecule has 0 spiro atoms. The molecule has 0 saturated heterocycles. The summed E-state index contributed by atoms with van der Waals surface area (Å²) >= 11 is 0. The summed E-state index contributed by atoms with van der Waals surface area (Å²) in [4.78, 5) is 103. The number of hydrogen-bond donors (Lipinski definition) is 13. The van der Waals surface area contributed by atoms with Gasteiger partial charge in [0.05, 0.1) is 0 Å². The molecular weight excluding hydrogens is 865 g/mol. The van der Waals surface area contributed by atoms with Crippen LogP contribution < -0.4 is 66.3 Å². The van der Waals surface area contributed by atoms with Crippen LogP contribution in [0.3, 0.4) is 0 Å².